The monoisotopic (exact) mass is 267 g/mol. The van der Waals surface area contributed by atoms with Crippen molar-refractivity contribution >= 4 is 11.9 Å². The van der Waals surface area contributed by atoms with Crippen molar-refractivity contribution in [3.63, 3.8) is 0 Å². The summed E-state index contributed by atoms with van der Waals surface area (Å²) in [5.41, 5.74) is 1.73. The van der Waals surface area contributed by atoms with E-state index in [9.17, 15) is 9.90 Å². The van der Waals surface area contributed by atoms with Crippen LogP contribution in [0.2, 0.25) is 0 Å². The number of benzene rings is 2. The molecular weight excluding hydrogens is 254 g/mol. The van der Waals surface area contributed by atoms with E-state index < -0.39 is 6.04 Å². The lowest BCUT2D eigenvalue weighted by molar-refractivity contribution is -0.134. The summed E-state index contributed by atoms with van der Waals surface area (Å²) in [6.45, 7) is 0. The van der Waals surface area contributed by atoms with E-state index in [1.807, 2.05) is 30.3 Å². The molecule has 0 saturated carbocycles. The second-order valence-electron chi connectivity index (χ2n) is 4.61. The lowest BCUT2D eigenvalue weighted by Crippen LogP contribution is -2.17. The average Bonchev–Trinajstić information content (AvgIpc) is 2.84. The molecule has 0 radical (unpaired) electrons. The van der Waals surface area contributed by atoms with Crippen LogP contribution in [0.3, 0.4) is 0 Å². The van der Waals surface area contributed by atoms with Gasteiger partial charge in [-0.05, 0) is 29.8 Å². The number of hydrogen-bond donors (Lipinski definition) is 1. The zero-order valence-corrected chi connectivity index (χ0v) is 10.7. The van der Waals surface area contributed by atoms with Gasteiger partial charge < -0.3 is 9.84 Å². The topological polar surface area (TPSA) is 58.9 Å². The minimum Gasteiger partial charge on any atom is -0.508 e. The molecule has 0 spiro atoms. The Kier molecular flexibility index (Phi) is 3.21. The molecule has 0 bridgehead atoms. The first-order valence-electron chi connectivity index (χ1n) is 6.35. The van der Waals surface area contributed by atoms with Crippen molar-refractivity contribution in [2.24, 2.45) is 4.99 Å². The summed E-state index contributed by atoms with van der Waals surface area (Å²) in [5.74, 6) is 0.243. The number of ether oxygens (including phenoxy) is 1. The Morgan fingerprint density at radius 3 is 2.45 bits per heavy atom. The lowest BCUT2D eigenvalue weighted by atomic mass is 10.1. The number of carbonyl (C=O) groups excluding carboxylic acids is 1. The van der Waals surface area contributed by atoms with Crippen LogP contribution >= 0.6 is 0 Å². The fourth-order valence-electron chi connectivity index (χ4n) is 2.08. The summed E-state index contributed by atoms with van der Waals surface area (Å²) in [6, 6.07) is 15.6. The van der Waals surface area contributed by atoms with Crippen LogP contribution < -0.4 is 0 Å². The molecule has 0 amide bonds. The second kappa shape index (κ2) is 5.17. The van der Waals surface area contributed by atoms with Crippen LogP contribution in [0.25, 0.3) is 0 Å². The molecule has 1 heterocycles. The third-order valence-corrected chi connectivity index (χ3v) is 3.13. The van der Waals surface area contributed by atoms with Crippen molar-refractivity contribution in [3.8, 4) is 5.75 Å². The van der Waals surface area contributed by atoms with Gasteiger partial charge in [0.1, 0.15) is 5.75 Å². The van der Waals surface area contributed by atoms with E-state index in [-0.39, 0.29) is 11.7 Å². The number of nitrogens with zero attached hydrogens (tertiary/aromatic N) is 1. The van der Waals surface area contributed by atoms with Gasteiger partial charge in [0.25, 0.3) is 0 Å². The van der Waals surface area contributed by atoms with E-state index in [1.54, 1.807) is 24.3 Å². The fourth-order valence-corrected chi connectivity index (χ4v) is 2.08. The molecule has 1 aliphatic rings. The number of hydrogen-bond acceptors (Lipinski definition) is 4. The highest BCUT2D eigenvalue weighted by molar-refractivity contribution is 6.06. The van der Waals surface area contributed by atoms with E-state index in [4.69, 9.17) is 4.74 Å². The van der Waals surface area contributed by atoms with Gasteiger partial charge in [0, 0.05) is 12.0 Å². The van der Waals surface area contributed by atoms with E-state index >= 15 is 0 Å². The van der Waals surface area contributed by atoms with E-state index in [0.29, 0.717) is 12.3 Å². The Hall–Kier alpha value is -2.62. The largest absolute Gasteiger partial charge is 0.508 e. The number of aliphatic imine (C=N–C) groups is 1. The Morgan fingerprint density at radius 2 is 1.75 bits per heavy atom. The molecule has 1 atom stereocenters. The normalized spacial score (nSPS) is 17.7. The zero-order chi connectivity index (χ0) is 13.9. The van der Waals surface area contributed by atoms with Crippen molar-refractivity contribution in [1.29, 1.82) is 0 Å². The molecule has 4 nitrogen and oxygen atoms in total. The van der Waals surface area contributed by atoms with Gasteiger partial charge in [0.2, 0.25) is 5.90 Å². The Bertz CT molecular complexity index is 647. The van der Waals surface area contributed by atoms with Gasteiger partial charge in [0.15, 0.2) is 6.04 Å². The molecule has 3 rings (SSSR count). The summed E-state index contributed by atoms with van der Waals surface area (Å²) < 4.78 is 5.22. The number of carbonyl (C=O) groups is 1. The van der Waals surface area contributed by atoms with E-state index in [1.165, 1.54) is 0 Å². The quantitative estimate of drug-likeness (QED) is 0.868. The van der Waals surface area contributed by atoms with Crippen LogP contribution in [-0.4, -0.2) is 23.0 Å². The molecule has 100 valence electrons. The first kappa shape index (κ1) is 12.4. The number of aromatic hydroxyl groups is 1. The van der Waals surface area contributed by atoms with Crippen LogP contribution in [0.4, 0.5) is 0 Å². The maximum Gasteiger partial charge on any atom is 0.338 e. The molecule has 0 aromatic heterocycles. The van der Waals surface area contributed by atoms with Crippen molar-refractivity contribution in [2.75, 3.05) is 0 Å². The third kappa shape index (κ3) is 2.54. The Balaban J connectivity index is 1.79. The summed E-state index contributed by atoms with van der Waals surface area (Å²) in [6.07, 6.45) is 0.468. The van der Waals surface area contributed by atoms with Gasteiger partial charge in [-0.15, -0.1) is 0 Å². The average molecular weight is 267 g/mol. The van der Waals surface area contributed by atoms with Crippen molar-refractivity contribution in [3.05, 3.63) is 65.7 Å². The first-order valence-corrected chi connectivity index (χ1v) is 6.35. The summed E-state index contributed by atoms with van der Waals surface area (Å²) in [7, 11) is 0. The fraction of sp³-hybridized carbons (Fsp3) is 0.125. The van der Waals surface area contributed by atoms with Crippen LogP contribution in [0, 0.1) is 0 Å². The number of phenols is 1. The van der Waals surface area contributed by atoms with Gasteiger partial charge >= 0.3 is 5.97 Å². The predicted octanol–water partition coefficient (Wildman–Crippen LogP) is 2.31. The standard InChI is InChI=1S/C16H13NO3/c18-13-8-6-11(7-9-13)10-14-16(19)20-15(17-14)12-4-2-1-3-5-12/h1-9,14,18H,10H2. The van der Waals surface area contributed by atoms with Gasteiger partial charge in [0.05, 0.1) is 0 Å². The molecule has 0 saturated heterocycles. The predicted molar refractivity (Wildman–Crippen MR) is 74.7 cm³/mol. The van der Waals surface area contributed by atoms with Crippen molar-refractivity contribution in [1.82, 2.24) is 0 Å². The molecule has 1 aliphatic heterocycles. The van der Waals surface area contributed by atoms with Crippen LogP contribution in [0.5, 0.6) is 5.75 Å². The van der Waals surface area contributed by atoms with Gasteiger partial charge in [-0.1, -0.05) is 30.3 Å². The first-order chi connectivity index (χ1) is 9.72. The minimum atomic E-state index is -0.519. The smallest absolute Gasteiger partial charge is 0.338 e. The SMILES string of the molecule is O=C1OC(c2ccccc2)=NC1Cc1ccc(O)cc1. The Morgan fingerprint density at radius 1 is 1.05 bits per heavy atom. The Labute approximate surface area is 116 Å². The number of esters is 1. The molecule has 1 N–H and O–H groups in total. The summed E-state index contributed by atoms with van der Waals surface area (Å²) in [5, 5.41) is 9.24. The summed E-state index contributed by atoms with van der Waals surface area (Å²) >= 11 is 0. The maximum absolute atomic E-state index is 11.8. The van der Waals surface area contributed by atoms with Gasteiger partial charge in [-0.25, -0.2) is 9.79 Å². The van der Waals surface area contributed by atoms with Crippen LogP contribution in [0.1, 0.15) is 11.1 Å². The second-order valence-corrected chi connectivity index (χ2v) is 4.61. The highest BCUT2D eigenvalue weighted by Crippen LogP contribution is 2.18. The van der Waals surface area contributed by atoms with Crippen LogP contribution in [-0.2, 0) is 16.0 Å². The van der Waals surface area contributed by atoms with Crippen molar-refractivity contribution < 1.29 is 14.6 Å². The molecule has 2 aromatic carbocycles. The number of rotatable bonds is 3. The molecule has 20 heavy (non-hydrogen) atoms. The van der Waals surface area contributed by atoms with E-state index in [0.717, 1.165) is 11.1 Å². The molecule has 2 aromatic rings. The highest BCUT2D eigenvalue weighted by Gasteiger charge is 2.29. The minimum absolute atomic E-state index is 0.205. The molecule has 0 fully saturated rings. The third-order valence-electron chi connectivity index (χ3n) is 3.13. The zero-order valence-electron chi connectivity index (χ0n) is 10.7. The van der Waals surface area contributed by atoms with Gasteiger partial charge in [-0.3, -0.25) is 0 Å². The van der Waals surface area contributed by atoms with E-state index in [2.05, 4.69) is 4.99 Å². The molecule has 1 unspecified atom stereocenters. The maximum atomic E-state index is 11.8. The lowest BCUT2D eigenvalue weighted by Gasteiger charge is -2.03. The van der Waals surface area contributed by atoms with Crippen molar-refractivity contribution in [2.45, 2.75) is 12.5 Å². The van der Waals surface area contributed by atoms with Crippen LogP contribution in [0.15, 0.2) is 59.6 Å². The molecule has 0 aliphatic carbocycles. The highest BCUT2D eigenvalue weighted by atomic mass is 16.6. The molecular formula is C16H13NO3. The van der Waals surface area contributed by atoms with Gasteiger partial charge in [-0.2, -0.15) is 0 Å². The molecule has 4 heteroatoms. The summed E-state index contributed by atoms with van der Waals surface area (Å²) in [4.78, 5) is 16.2. The number of phenolic OH excluding ortho intramolecular Hbond substituents is 1. The number of cyclic esters (lactones) is 1.